The highest BCUT2D eigenvalue weighted by Gasteiger charge is 2.08. The van der Waals surface area contributed by atoms with E-state index in [1.165, 1.54) is 5.52 Å². The van der Waals surface area contributed by atoms with Gasteiger partial charge in [0.2, 0.25) is 0 Å². The van der Waals surface area contributed by atoms with Crippen molar-refractivity contribution in [3.8, 4) is 0 Å². The quantitative estimate of drug-likeness (QED) is 0.765. The molecule has 1 aromatic heterocycles. The number of nitrogens with zero attached hydrogens (tertiary/aromatic N) is 1. The molecule has 1 atom stereocenters. The second-order valence-electron chi connectivity index (χ2n) is 5.29. The standard InChI is InChI=1S/C16H23N3O2/c1-3-8-19-9-6-13-11-14(4-5-15(13)19)18-16(21)17-12(2)7-10-20/h4-6,9,11-12,20H,3,7-8,10H2,1-2H3,(H2,17,18,21)/t12-/m1/s1. The molecule has 0 fully saturated rings. The molecule has 2 rings (SSSR count). The lowest BCUT2D eigenvalue weighted by Crippen LogP contribution is -2.36. The van der Waals surface area contributed by atoms with E-state index in [1.54, 1.807) is 0 Å². The first-order chi connectivity index (χ1) is 10.1. The van der Waals surface area contributed by atoms with Gasteiger partial charge in [-0.25, -0.2) is 4.79 Å². The Balaban J connectivity index is 2.04. The van der Waals surface area contributed by atoms with Gasteiger partial charge in [-0.3, -0.25) is 0 Å². The number of urea groups is 1. The summed E-state index contributed by atoms with van der Waals surface area (Å²) in [5.41, 5.74) is 1.95. The Labute approximate surface area is 125 Å². The fourth-order valence-corrected chi connectivity index (χ4v) is 2.37. The Morgan fingerprint density at radius 1 is 1.38 bits per heavy atom. The zero-order valence-electron chi connectivity index (χ0n) is 12.6. The summed E-state index contributed by atoms with van der Waals surface area (Å²) in [6.07, 6.45) is 3.71. The molecule has 2 amide bonds. The Morgan fingerprint density at radius 2 is 2.19 bits per heavy atom. The lowest BCUT2D eigenvalue weighted by molar-refractivity contribution is 0.241. The smallest absolute Gasteiger partial charge is 0.319 e. The first-order valence-corrected chi connectivity index (χ1v) is 7.41. The number of benzene rings is 1. The maximum atomic E-state index is 11.8. The first kappa shape index (κ1) is 15.4. The number of fused-ring (bicyclic) bond motifs is 1. The van der Waals surface area contributed by atoms with Crippen LogP contribution in [0.1, 0.15) is 26.7 Å². The van der Waals surface area contributed by atoms with Crippen LogP contribution in [-0.4, -0.2) is 28.4 Å². The predicted octanol–water partition coefficient (Wildman–Crippen LogP) is 2.94. The van der Waals surface area contributed by atoms with Crippen molar-refractivity contribution in [3.05, 3.63) is 30.5 Å². The average Bonchev–Trinajstić information content (AvgIpc) is 2.82. The van der Waals surface area contributed by atoms with Crippen molar-refractivity contribution in [2.45, 2.75) is 39.3 Å². The number of nitrogens with one attached hydrogen (secondary N) is 2. The molecule has 5 heteroatoms. The zero-order valence-corrected chi connectivity index (χ0v) is 12.6. The SMILES string of the molecule is CCCn1ccc2cc(NC(=O)N[C@H](C)CCO)ccc21. The van der Waals surface area contributed by atoms with E-state index < -0.39 is 0 Å². The number of aliphatic hydroxyl groups is 1. The van der Waals surface area contributed by atoms with Crippen LogP contribution in [0.5, 0.6) is 0 Å². The number of anilines is 1. The van der Waals surface area contributed by atoms with E-state index in [9.17, 15) is 4.79 Å². The van der Waals surface area contributed by atoms with Gasteiger partial charge in [0.25, 0.3) is 0 Å². The number of aryl methyl sites for hydroxylation is 1. The molecule has 1 heterocycles. The van der Waals surface area contributed by atoms with Crippen LogP contribution >= 0.6 is 0 Å². The predicted molar refractivity (Wildman–Crippen MR) is 85.5 cm³/mol. The molecule has 0 aliphatic carbocycles. The minimum absolute atomic E-state index is 0.0515. The fraction of sp³-hybridized carbons (Fsp3) is 0.438. The molecule has 5 nitrogen and oxygen atoms in total. The molecule has 2 aromatic rings. The van der Waals surface area contributed by atoms with Crippen molar-refractivity contribution in [3.63, 3.8) is 0 Å². The van der Waals surface area contributed by atoms with Gasteiger partial charge >= 0.3 is 6.03 Å². The molecular weight excluding hydrogens is 266 g/mol. The highest BCUT2D eigenvalue weighted by Crippen LogP contribution is 2.20. The zero-order chi connectivity index (χ0) is 15.2. The van der Waals surface area contributed by atoms with Gasteiger partial charge in [-0.2, -0.15) is 0 Å². The second kappa shape index (κ2) is 7.13. The average molecular weight is 289 g/mol. The largest absolute Gasteiger partial charge is 0.396 e. The number of hydrogen-bond donors (Lipinski definition) is 3. The van der Waals surface area contributed by atoms with E-state index in [-0.39, 0.29) is 18.7 Å². The van der Waals surface area contributed by atoms with Crippen LogP contribution in [0.4, 0.5) is 10.5 Å². The number of hydrogen-bond acceptors (Lipinski definition) is 2. The minimum Gasteiger partial charge on any atom is -0.396 e. The number of aliphatic hydroxyl groups excluding tert-OH is 1. The van der Waals surface area contributed by atoms with Crippen LogP contribution in [0.25, 0.3) is 10.9 Å². The summed E-state index contributed by atoms with van der Waals surface area (Å²) in [5.74, 6) is 0. The number of carbonyl (C=O) groups is 1. The summed E-state index contributed by atoms with van der Waals surface area (Å²) in [5, 5.41) is 15.6. The molecule has 0 radical (unpaired) electrons. The number of aromatic nitrogens is 1. The third kappa shape index (κ3) is 3.98. The van der Waals surface area contributed by atoms with Crippen molar-refractivity contribution in [1.29, 1.82) is 0 Å². The molecular formula is C16H23N3O2. The van der Waals surface area contributed by atoms with Crippen molar-refractivity contribution in [2.75, 3.05) is 11.9 Å². The molecule has 0 unspecified atom stereocenters. The van der Waals surface area contributed by atoms with Crippen molar-refractivity contribution in [1.82, 2.24) is 9.88 Å². The summed E-state index contributed by atoms with van der Waals surface area (Å²) < 4.78 is 2.21. The number of amides is 2. The first-order valence-electron chi connectivity index (χ1n) is 7.41. The third-order valence-electron chi connectivity index (χ3n) is 3.43. The molecule has 0 spiro atoms. The van der Waals surface area contributed by atoms with E-state index in [2.05, 4.69) is 34.4 Å². The molecule has 21 heavy (non-hydrogen) atoms. The normalized spacial score (nSPS) is 12.3. The third-order valence-corrected chi connectivity index (χ3v) is 3.43. The molecule has 0 bridgehead atoms. The molecule has 114 valence electrons. The van der Waals surface area contributed by atoms with Crippen molar-refractivity contribution >= 4 is 22.6 Å². The molecule has 0 aliphatic rings. The van der Waals surface area contributed by atoms with Gasteiger partial charge in [-0.05, 0) is 44.0 Å². The van der Waals surface area contributed by atoms with E-state index >= 15 is 0 Å². The van der Waals surface area contributed by atoms with Gasteiger partial charge in [-0.15, -0.1) is 0 Å². The van der Waals surface area contributed by atoms with Crippen LogP contribution < -0.4 is 10.6 Å². The minimum atomic E-state index is -0.247. The highest BCUT2D eigenvalue weighted by atomic mass is 16.3. The lowest BCUT2D eigenvalue weighted by Gasteiger charge is -2.13. The fourth-order valence-electron chi connectivity index (χ4n) is 2.37. The number of rotatable bonds is 6. The van der Waals surface area contributed by atoms with Crippen LogP contribution in [0.3, 0.4) is 0 Å². The maximum absolute atomic E-state index is 11.8. The second-order valence-corrected chi connectivity index (χ2v) is 5.29. The molecule has 0 saturated carbocycles. The van der Waals surface area contributed by atoms with Gasteiger partial charge < -0.3 is 20.3 Å². The van der Waals surface area contributed by atoms with Crippen LogP contribution in [0.2, 0.25) is 0 Å². The van der Waals surface area contributed by atoms with Crippen LogP contribution in [0.15, 0.2) is 30.5 Å². The molecule has 1 aromatic carbocycles. The van der Waals surface area contributed by atoms with E-state index in [0.717, 1.165) is 24.0 Å². The van der Waals surface area contributed by atoms with Gasteiger partial charge in [0.15, 0.2) is 0 Å². The summed E-state index contributed by atoms with van der Waals surface area (Å²) >= 11 is 0. The molecule has 3 N–H and O–H groups in total. The van der Waals surface area contributed by atoms with E-state index in [0.29, 0.717) is 6.42 Å². The number of carbonyl (C=O) groups excluding carboxylic acids is 1. The van der Waals surface area contributed by atoms with Crippen LogP contribution in [0, 0.1) is 0 Å². The monoisotopic (exact) mass is 289 g/mol. The molecule has 0 aliphatic heterocycles. The van der Waals surface area contributed by atoms with Gasteiger partial charge in [-0.1, -0.05) is 6.92 Å². The highest BCUT2D eigenvalue weighted by molar-refractivity contribution is 5.93. The lowest BCUT2D eigenvalue weighted by atomic mass is 10.2. The van der Waals surface area contributed by atoms with Crippen LogP contribution in [-0.2, 0) is 6.54 Å². The summed E-state index contributed by atoms with van der Waals surface area (Å²) in [6.45, 7) is 5.08. The van der Waals surface area contributed by atoms with E-state index in [4.69, 9.17) is 5.11 Å². The summed E-state index contributed by atoms with van der Waals surface area (Å²) in [4.78, 5) is 11.8. The summed E-state index contributed by atoms with van der Waals surface area (Å²) in [7, 11) is 0. The van der Waals surface area contributed by atoms with Gasteiger partial charge in [0, 0.05) is 42.0 Å². The van der Waals surface area contributed by atoms with Gasteiger partial charge in [0.1, 0.15) is 0 Å². The van der Waals surface area contributed by atoms with Crippen molar-refractivity contribution in [2.24, 2.45) is 0 Å². The Bertz CT molecular complexity index is 607. The van der Waals surface area contributed by atoms with E-state index in [1.807, 2.05) is 25.1 Å². The molecule has 0 saturated heterocycles. The van der Waals surface area contributed by atoms with Gasteiger partial charge in [0.05, 0.1) is 0 Å². The Kier molecular flexibility index (Phi) is 5.22. The van der Waals surface area contributed by atoms with Crippen molar-refractivity contribution < 1.29 is 9.90 Å². The summed E-state index contributed by atoms with van der Waals surface area (Å²) in [6, 6.07) is 7.66. The maximum Gasteiger partial charge on any atom is 0.319 e. The topological polar surface area (TPSA) is 66.3 Å². The Morgan fingerprint density at radius 3 is 2.90 bits per heavy atom. The Hall–Kier alpha value is -2.01.